The SMILES string of the molecule is O=C(CSc1ccc(Br)cn1)NCCO. The molecule has 0 aliphatic rings. The molecule has 1 aromatic rings. The van der Waals surface area contributed by atoms with Gasteiger partial charge in [-0.15, -0.1) is 0 Å². The van der Waals surface area contributed by atoms with E-state index in [-0.39, 0.29) is 12.5 Å². The van der Waals surface area contributed by atoms with Crippen LogP contribution >= 0.6 is 27.7 Å². The average Bonchev–Trinajstić information content (AvgIpc) is 2.25. The maximum Gasteiger partial charge on any atom is 0.230 e. The molecule has 0 fully saturated rings. The van der Waals surface area contributed by atoms with Gasteiger partial charge in [0, 0.05) is 17.2 Å². The molecule has 1 heterocycles. The minimum Gasteiger partial charge on any atom is -0.395 e. The van der Waals surface area contributed by atoms with Crippen LogP contribution in [0.3, 0.4) is 0 Å². The third-order valence-electron chi connectivity index (χ3n) is 1.49. The summed E-state index contributed by atoms with van der Waals surface area (Å²) < 4.78 is 0.914. The highest BCUT2D eigenvalue weighted by molar-refractivity contribution is 9.10. The number of halogens is 1. The first-order chi connectivity index (χ1) is 7.22. The highest BCUT2D eigenvalue weighted by Crippen LogP contribution is 2.16. The number of aromatic nitrogens is 1. The van der Waals surface area contributed by atoms with Gasteiger partial charge in [-0.2, -0.15) is 0 Å². The maximum absolute atomic E-state index is 11.2. The molecular formula is C9H11BrN2O2S. The van der Waals surface area contributed by atoms with Crippen molar-refractivity contribution in [2.24, 2.45) is 0 Å². The summed E-state index contributed by atoms with van der Waals surface area (Å²) in [5.74, 6) is 0.216. The molecule has 0 radical (unpaired) electrons. The van der Waals surface area contributed by atoms with Gasteiger partial charge in [0.15, 0.2) is 0 Å². The molecule has 0 saturated heterocycles. The fourth-order valence-electron chi connectivity index (χ4n) is 0.833. The van der Waals surface area contributed by atoms with E-state index in [1.165, 1.54) is 11.8 Å². The molecule has 15 heavy (non-hydrogen) atoms. The topological polar surface area (TPSA) is 62.2 Å². The second-order valence-electron chi connectivity index (χ2n) is 2.68. The number of rotatable bonds is 5. The number of amides is 1. The van der Waals surface area contributed by atoms with E-state index in [9.17, 15) is 4.79 Å². The highest BCUT2D eigenvalue weighted by Gasteiger charge is 2.02. The van der Waals surface area contributed by atoms with E-state index in [1.54, 1.807) is 6.20 Å². The molecule has 1 amide bonds. The Labute approximate surface area is 101 Å². The monoisotopic (exact) mass is 290 g/mol. The summed E-state index contributed by atoms with van der Waals surface area (Å²) in [7, 11) is 0. The van der Waals surface area contributed by atoms with Crippen LogP contribution in [0.25, 0.3) is 0 Å². The molecule has 0 atom stereocenters. The van der Waals surface area contributed by atoms with Gasteiger partial charge >= 0.3 is 0 Å². The minimum atomic E-state index is -0.0984. The number of aliphatic hydroxyl groups is 1. The van der Waals surface area contributed by atoms with Crippen molar-refractivity contribution in [3.63, 3.8) is 0 Å². The predicted octanol–water partition coefficient (Wildman–Crippen LogP) is 1.04. The smallest absolute Gasteiger partial charge is 0.230 e. The summed E-state index contributed by atoms with van der Waals surface area (Å²) in [5.41, 5.74) is 0. The summed E-state index contributed by atoms with van der Waals surface area (Å²) in [5, 5.41) is 11.9. The Morgan fingerprint density at radius 1 is 1.60 bits per heavy atom. The Balaban J connectivity index is 2.30. The standard InChI is InChI=1S/C9H11BrN2O2S/c10-7-1-2-9(12-5-7)15-6-8(14)11-3-4-13/h1-2,5,13H,3-4,6H2,(H,11,14). The van der Waals surface area contributed by atoms with Crippen LogP contribution in [0.15, 0.2) is 27.8 Å². The lowest BCUT2D eigenvalue weighted by Crippen LogP contribution is -2.27. The first kappa shape index (κ1) is 12.5. The van der Waals surface area contributed by atoms with E-state index < -0.39 is 0 Å². The van der Waals surface area contributed by atoms with Gasteiger partial charge in [0.05, 0.1) is 17.4 Å². The molecule has 0 saturated carbocycles. The first-order valence-electron chi connectivity index (χ1n) is 4.34. The fraction of sp³-hybridized carbons (Fsp3) is 0.333. The lowest BCUT2D eigenvalue weighted by Gasteiger charge is -2.02. The minimum absolute atomic E-state index is 0.0348. The van der Waals surface area contributed by atoms with E-state index in [0.29, 0.717) is 12.3 Å². The van der Waals surface area contributed by atoms with Crippen molar-refractivity contribution < 1.29 is 9.90 Å². The van der Waals surface area contributed by atoms with Crippen LogP contribution in [-0.4, -0.2) is 34.9 Å². The molecule has 0 aliphatic heterocycles. The number of aliphatic hydroxyl groups excluding tert-OH is 1. The first-order valence-corrected chi connectivity index (χ1v) is 6.12. The molecule has 0 unspecified atom stereocenters. The van der Waals surface area contributed by atoms with Crippen LogP contribution in [0.5, 0.6) is 0 Å². The number of nitrogens with zero attached hydrogens (tertiary/aromatic N) is 1. The van der Waals surface area contributed by atoms with Crippen molar-refractivity contribution in [3.05, 3.63) is 22.8 Å². The van der Waals surface area contributed by atoms with Crippen LogP contribution in [-0.2, 0) is 4.79 Å². The van der Waals surface area contributed by atoms with Gasteiger partial charge in [0.25, 0.3) is 0 Å². The van der Waals surface area contributed by atoms with Crippen molar-refractivity contribution in [1.29, 1.82) is 0 Å². The lowest BCUT2D eigenvalue weighted by atomic mass is 10.5. The van der Waals surface area contributed by atoms with Crippen molar-refractivity contribution in [2.75, 3.05) is 18.9 Å². The Kier molecular flexibility index (Phi) is 5.67. The number of hydrogen-bond acceptors (Lipinski definition) is 4. The summed E-state index contributed by atoms with van der Waals surface area (Å²) in [4.78, 5) is 15.3. The van der Waals surface area contributed by atoms with Gasteiger partial charge in [-0.3, -0.25) is 4.79 Å². The van der Waals surface area contributed by atoms with Crippen LogP contribution in [0, 0.1) is 0 Å². The van der Waals surface area contributed by atoms with Crippen molar-refractivity contribution in [2.45, 2.75) is 5.03 Å². The van der Waals surface area contributed by atoms with E-state index in [0.717, 1.165) is 9.50 Å². The molecule has 0 aliphatic carbocycles. The quantitative estimate of drug-likeness (QED) is 0.796. The number of pyridine rings is 1. The molecule has 2 N–H and O–H groups in total. The Morgan fingerprint density at radius 3 is 3.00 bits per heavy atom. The molecule has 82 valence electrons. The van der Waals surface area contributed by atoms with Gasteiger partial charge in [-0.25, -0.2) is 4.98 Å². The molecule has 4 nitrogen and oxygen atoms in total. The van der Waals surface area contributed by atoms with E-state index >= 15 is 0 Å². The fourth-order valence-corrected chi connectivity index (χ4v) is 1.74. The van der Waals surface area contributed by atoms with E-state index in [2.05, 4.69) is 26.2 Å². The van der Waals surface area contributed by atoms with Crippen molar-refractivity contribution in [3.8, 4) is 0 Å². The molecule has 1 aromatic heterocycles. The maximum atomic E-state index is 11.2. The molecular weight excluding hydrogens is 280 g/mol. The zero-order chi connectivity index (χ0) is 11.1. The number of carbonyl (C=O) groups excluding carboxylic acids is 1. The van der Waals surface area contributed by atoms with Gasteiger partial charge in [-0.1, -0.05) is 11.8 Å². The number of carbonyl (C=O) groups is 1. The average molecular weight is 291 g/mol. The molecule has 0 spiro atoms. The normalized spacial score (nSPS) is 10.0. The van der Waals surface area contributed by atoms with Crippen LogP contribution in [0.1, 0.15) is 0 Å². The van der Waals surface area contributed by atoms with Gasteiger partial charge in [-0.05, 0) is 28.1 Å². The molecule has 0 bridgehead atoms. The molecule has 1 rings (SSSR count). The van der Waals surface area contributed by atoms with E-state index in [4.69, 9.17) is 5.11 Å². The Bertz CT molecular complexity index is 318. The van der Waals surface area contributed by atoms with Crippen LogP contribution in [0.2, 0.25) is 0 Å². The molecule has 0 aromatic carbocycles. The zero-order valence-electron chi connectivity index (χ0n) is 7.94. The number of hydrogen-bond donors (Lipinski definition) is 2. The lowest BCUT2D eigenvalue weighted by molar-refractivity contribution is -0.118. The second-order valence-corrected chi connectivity index (χ2v) is 4.59. The largest absolute Gasteiger partial charge is 0.395 e. The number of thioether (sulfide) groups is 1. The highest BCUT2D eigenvalue weighted by atomic mass is 79.9. The third-order valence-corrected chi connectivity index (χ3v) is 2.90. The molecule has 6 heteroatoms. The zero-order valence-corrected chi connectivity index (χ0v) is 10.3. The summed E-state index contributed by atoms with van der Waals surface area (Å²) in [6.07, 6.45) is 1.69. The van der Waals surface area contributed by atoms with Crippen molar-refractivity contribution in [1.82, 2.24) is 10.3 Å². The number of nitrogens with one attached hydrogen (secondary N) is 1. The Morgan fingerprint density at radius 2 is 2.40 bits per heavy atom. The van der Waals surface area contributed by atoms with E-state index in [1.807, 2.05) is 12.1 Å². The summed E-state index contributed by atoms with van der Waals surface area (Å²) in [6, 6.07) is 3.72. The van der Waals surface area contributed by atoms with Gasteiger partial charge < -0.3 is 10.4 Å². The Hall–Kier alpha value is -0.590. The summed E-state index contributed by atoms with van der Waals surface area (Å²) in [6.45, 7) is 0.264. The predicted molar refractivity (Wildman–Crippen MR) is 62.8 cm³/mol. The van der Waals surface area contributed by atoms with Crippen molar-refractivity contribution >= 4 is 33.6 Å². The second kappa shape index (κ2) is 6.81. The van der Waals surface area contributed by atoms with Crippen LogP contribution < -0.4 is 5.32 Å². The summed E-state index contributed by atoms with van der Waals surface area (Å²) >= 11 is 4.64. The van der Waals surface area contributed by atoms with Crippen LogP contribution in [0.4, 0.5) is 0 Å². The van der Waals surface area contributed by atoms with Gasteiger partial charge in [0.2, 0.25) is 5.91 Å². The van der Waals surface area contributed by atoms with Gasteiger partial charge in [0.1, 0.15) is 0 Å². The third kappa shape index (κ3) is 5.15.